The Morgan fingerprint density at radius 2 is 1.72 bits per heavy atom. The number of esters is 1. The normalized spacial score (nSPS) is 11.7. The van der Waals surface area contributed by atoms with E-state index in [-0.39, 0.29) is 12.3 Å². The molecule has 1 amide bonds. The monoisotopic (exact) mass is 391 g/mol. The molecule has 0 saturated heterocycles. The number of anilines is 1. The van der Waals surface area contributed by atoms with Gasteiger partial charge in [-0.05, 0) is 32.4 Å². The van der Waals surface area contributed by atoms with Gasteiger partial charge in [0, 0.05) is 29.6 Å². The highest BCUT2D eigenvalue weighted by atomic mass is 16.5. The van der Waals surface area contributed by atoms with E-state index >= 15 is 0 Å². The van der Waals surface area contributed by atoms with Crippen LogP contribution in [0.25, 0.3) is 11.1 Å². The Hall–Kier alpha value is -3.41. The van der Waals surface area contributed by atoms with Crippen molar-refractivity contribution in [2.45, 2.75) is 33.3 Å². The first-order chi connectivity index (χ1) is 13.9. The van der Waals surface area contributed by atoms with Crippen LogP contribution >= 0.6 is 0 Å². The molecular weight excluding hydrogens is 366 g/mol. The molecule has 6 nitrogen and oxygen atoms in total. The first-order valence-corrected chi connectivity index (χ1v) is 9.50. The molecule has 3 aromatic rings. The summed E-state index contributed by atoms with van der Waals surface area (Å²) < 4.78 is 7.10. The fourth-order valence-corrected chi connectivity index (χ4v) is 3.21. The van der Waals surface area contributed by atoms with Crippen LogP contribution in [0.2, 0.25) is 0 Å². The summed E-state index contributed by atoms with van der Waals surface area (Å²) in [5.41, 5.74) is 5.10. The molecule has 1 N–H and O–H groups in total. The Morgan fingerprint density at radius 3 is 2.38 bits per heavy atom. The minimum absolute atomic E-state index is 0.0870. The number of para-hydroxylation sites is 1. The predicted molar refractivity (Wildman–Crippen MR) is 112 cm³/mol. The molecule has 0 bridgehead atoms. The molecule has 0 spiro atoms. The largest absolute Gasteiger partial charge is 0.452 e. The molecule has 2 aromatic carbocycles. The van der Waals surface area contributed by atoms with Crippen molar-refractivity contribution in [1.82, 2.24) is 9.78 Å². The van der Waals surface area contributed by atoms with E-state index in [1.54, 1.807) is 11.6 Å². The molecule has 1 heterocycles. The van der Waals surface area contributed by atoms with Gasteiger partial charge in [-0.2, -0.15) is 5.10 Å². The number of aromatic nitrogens is 2. The highest BCUT2D eigenvalue weighted by molar-refractivity contribution is 5.98. The average Bonchev–Trinajstić information content (AvgIpc) is 2.95. The minimum Gasteiger partial charge on any atom is -0.452 e. The minimum atomic E-state index is -0.913. The maximum atomic E-state index is 12.6. The number of nitrogens with one attached hydrogen (secondary N) is 1. The number of hydrogen-bond donors (Lipinski definition) is 1. The van der Waals surface area contributed by atoms with Gasteiger partial charge in [-0.3, -0.25) is 14.3 Å². The van der Waals surface area contributed by atoms with Gasteiger partial charge < -0.3 is 10.1 Å². The smallest absolute Gasteiger partial charge is 0.311 e. The molecule has 150 valence electrons. The van der Waals surface area contributed by atoms with Gasteiger partial charge in [-0.1, -0.05) is 48.5 Å². The third-order valence-corrected chi connectivity index (χ3v) is 4.93. The second kappa shape index (κ2) is 8.73. The molecule has 1 aromatic heterocycles. The van der Waals surface area contributed by atoms with Crippen LogP contribution in [0.1, 0.15) is 23.9 Å². The lowest BCUT2D eigenvalue weighted by molar-refractivity contribution is -0.152. The van der Waals surface area contributed by atoms with Crippen LogP contribution in [-0.4, -0.2) is 27.8 Å². The Balaban J connectivity index is 1.66. The number of hydrogen-bond acceptors (Lipinski definition) is 4. The highest BCUT2D eigenvalue weighted by Gasteiger charge is 2.21. The number of aryl methyl sites for hydroxylation is 2. The van der Waals surface area contributed by atoms with E-state index in [1.807, 2.05) is 75.5 Å². The second-order valence-electron chi connectivity index (χ2n) is 6.98. The maximum Gasteiger partial charge on any atom is 0.311 e. The summed E-state index contributed by atoms with van der Waals surface area (Å²) in [7, 11) is 1.83. The number of nitrogens with zero attached hydrogens (tertiary/aromatic N) is 2. The second-order valence-corrected chi connectivity index (χ2v) is 6.98. The average molecular weight is 391 g/mol. The van der Waals surface area contributed by atoms with Crippen molar-refractivity contribution < 1.29 is 14.3 Å². The molecule has 0 fully saturated rings. The molecule has 6 heteroatoms. The van der Waals surface area contributed by atoms with Crippen LogP contribution in [0, 0.1) is 13.8 Å². The van der Waals surface area contributed by atoms with Gasteiger partial charge in [0.05, 0.1) is 12.1 Å². The van der Waals surface area contributed by atoms with Crippen LogP contribution in [0.4, 0.5) is 5.69 Å². The van der Waals surface area contributed by atoms with E-state index in [2.05, 4.69) is 10.4 Å². The van der Waals surface area contributed by atoms with Gasteiger partial charge in [-0.25, -0.2) is 0 Å². The maximum absolute atomic E-state index is 12.6. The lowest BCUT2D eigenvalue weighted by Gasteiger charge is -2.16. The molecular formula is C23H25N3O3. The third-order valence-electron chi connectivity index (χ3n) is 4.93. The van der Waals surface area contributed by atoms with E-state index in [9.17, 15) is 9.59 Å². The van der Waals surface area contributed by atoms with Crippen molar-refractivity contribution in [3.05, 3.63) is 71.5 Å². The van der Waals surface area contributed by atoms with Gasteiger partial charge in [0.15, 0.2) is 6.10 Å². The number of carbonyl (C=O) groups excluding carboxylic acids is 2. The summed E-state index contributed by atoms with van der Waals surface area (Å²) >= 11 is 0. The molecule has 0 saturated carbocycles. The van der Waals surface area contributed by atoms with Gasteiger partial charge >= 0.3 is 5.97 Å². The quantitative estimate of drug-likeness (QED) is 0.649. The van der Waals surface area contributed by atoms with Gasteiger partial charge in [0.25, 0.3) is 5.91 Å². The van der Waals surface area contributed by atoms with Gasteiger partial charge in [0.2, 0.25) is 0 Å². The van der Waals surface area contributed by atoms with E-state index in [0.29, 0.717) is 5.69 Å². The van der Waals surface area contributed by atoms with E-state index in [0.717, 1.165) is 28.1 Å². The number of benzene rings is 2. The topological polar surface area (TPSA) is 73.2 Å². The molecule has 0 aliphatic heterocycles. The molecule has 3 rings (SSSR count). The fourth-order valence-electron chi connectivity index (χ4n) is 3.21. The van der Waals surface area contributed by atoms with Crippen LogP contribution in [0.3, 0.4) is 0 Å². The zero-order valence-corrected chi connectivity index (χ0v) is 17.1. The summed E-state index contributed by atoms with van der Waals surface area (Å²) in [4.78, 5) is 25.0. The Morgan fingerprint density at radius 1 is 1.07 bits per heavy atom. The first-order valence-electron chi connectivity index (χ1n) is 9.50. The van der Waals surface area contributed by atoms with Crippen molar-refractivity contribution in [3.8, 4) is 11.1 Å². The van der Waals surface area contributed by atoms with Gasteiger partial charge in [0.1, 0.15) is 0 Å². The third kappa shape index (κ3) is 4.71. The lowest BCUT2D eigenvalue weighted by Crippen LogP contribution is -2.30. The van der Waals surface area contributed by atoms with Crippen LogP contribution in [0.15, 0.2) is 54.6 Å². The van der Waals surface area contributed by atoms with Crippen LogP contribution in [0.5, 0.6) is 0 Å². The zero-order chi connectivity index (χ0) is 21.0. The Kier molecular flexibility index (Phi) is 6.12. The zero-order valence-electron chi connectivity index (χ0n) is 17.1. The first kappa shape index (κ1) is 20.3. The Labute approximate surface area is 170 Å². The molecule has 0 aliphatic rings. The summed E-state index contributed by atoms with van der Waals surface area (Å²) in [6.45, 7) is 5.33. The summed E-state index contributed by atoms with van der Waals surface area (Å²) in [6, 6.07) is 17.3. The van der Waals surface area contributed by atoms with Crippen LogP contribution in [-0.2, 0) is 27.8 Å². The summed E-state index contributed by atoms with van der Waals surface area (Å²) in [5, 5.41) is 7.17. The summed E-state index contributed by atoms with van der Waals surface area (Å²) in [6.07, 6.45) is -0.826. The molecule has 0 radical (unpaired) electrons. The van der Waals surface area contributed by atoms with Crippen molar-refractivity contribution in [1.29, 1.82) is 0 Å². The van der Waals surface area contributed by atoms with E-state index in [4.69, 9.17) is 4.74 Å². The predicted octanol–water partition coefficient (Wildman–Crippen LogP) is 3.82. The molecule has 1 atom stereocenters. The molecule has 29 heavy (non-hydrogen) atoms. The number of amides is 1. The van der Waals surface area contributed by atoms with E-state index in [1.165, 1.54) is 0 Å². The van der Waals surface area contributed by atoms with Crippen LogP contribution < -0.4 is 5.32 Å². The van der Waals surface area contributed by atoms with Crippen molar-refractivity contribution in [2.24, 2.45) is 7.05 Å². The van der Waals surface area contributed by atoms with Crippen molar-refractivity contribution in [3.63, 3.8) is 0 Å². The SMILES string of the molecule is Cc1nn(C)c(C)c1CC(=O)OC(C)C(=O)Nc1ccccc1-c1ccccc1. The highest BCUT2D eigenvalue weighted by Crippen LogP contribution is 2.27. The summed E-state index contributed by atoms with van der Waals surface area (Å²) in [5.74, 6) is -0.829. The van der Waals surface area contributed by atoms with Crippen molar-refractivity contribution in [2.75, 3.05) is 5.32 Å². The molecule has 0 aliphatic carbocycles. The number of rotatable bonds is 6. The van der Waals surface area contributed by atoms with Gasteiger partial charge in [-0.15, -0.1) is 0 Å². The fraction of sp³-hybridized carbons (Fsp3) is 0.261. The Bertz CT molecular complexity index is 1030. The van der Waals surface area contributed by atoms with E-state index < -0.39 is 12.1 Å². The standard InChI is InChI=1S/C23H25N3O3/c1-15-20(16(2)26(4)25-15)14-22(27)29-17(3)23(28)24-21-13-9-8-12-19(21)18-10-6-5-7-11-18/h5-13,17H,14H2,1-4H3,(H,24,28). The lowest BCUT2D eigenvalue weighted by atomic mass is 10.0. The number of ether oxygens (including phenoxy) is 1. The number of carbonyl (C=O) groups is 2. The molecule has 1 unspecified atom stereocenters. The van der Waals surface area contributed by atoms with Crippen molar-refractivity contribution >= 4 is 17.6 Å².